The minimum atomic E-state index is -0.573. The molecule has 1 fully saturated rings. The summed E-state index contributed by atoms with van der Waals surface area (Å²) in [6.45, 7) is 9.62. The summed E-state index contributed by atoms with van der Waals surface area (Å²) >= 11 is 0. The van der Waals surface area contributed by atoms with Crippen molar-refractivity contribution in [2.24, 2.45) is 0 Å². The van der Waals surface area contributed by atoms with Gasteiger partial charge in [-0.3, -0.25) is 9.69 Å². The first kappa shape index (κ1) is 19.4. The Kier molecular flexibility index (Phi) is 6.14. The highest BCUT2D eigenvalue weighted by atomic mass is 16.3. The Labute approximate surface area is 161 Å². The van der Waals surface area contributed by atoms with E-state index in [9.17, 15) is 9.90 Å². The van der Waals surface area contributed by atoms with Crippen LogP contribution in [0.4, 0.5) is 0 Å². The van der Waals surface area contributed by atoms with Gasteiger partial charge in [-0.05, 0) is 31.9 Å². The van der Waals surface area contributed by atoms with Crippen molar-refractivity contribution in [3.63, 3.8) is 0 Å². The van der Waals surface area contributed by atoms with Crippen LogP contribution in [-0.2, 0) is 0 Å². The number of carbonyl (C=O) groups excluding carboxylic acids is 1. The van der Waals surface area contributed by atoms with Gasteiger partial charge in [-0.15, -0.1) is 0 Å². The number of hydrogen-bond donors (Lipinski definition) is 2. The van der Waals surface area contributed by atoms with Gasteiger partial charge < -0.3 is 15.0 Å². The highest BCUT2D eigenvalue weighted by molar-refractivity contribution is 5.94. The summed E-state index contributed by atoms with van der Waals surface area (Å²) in [6, 6.07) is 10.3. The topological polar surface area (TPSA) is 59.6 Å². The molecule has 2 N–H and O–H groups in total. The number of piperazine rings is 1. The molecule has 5 heteroatoms. The predicted octanol–water partition coefficient (Wildman–Crippen LogP) is 3.16. The lowest BCUT2D eigenvalue weighted by Crippen LogP contribution is -2.48. The number of aliphatic hydroxyl groups is 1. The number of H-pyrrole nitrogens is 1. The van der Waals surface area contributed by atoms with Crippen molar-refractivity contribution in [1.82, 2.24) is 14.8 Å². The second-order valence-electron chi connectivity index (χ2n) is 7.25. The monoisotopic (exact) mass is 367 g/mol. The van der Waals surface area contributed by atoms with Crippen LogP contribution in [0.25, 0.3) is 6.08 Å². The molecule has 1 amide bonds. The molecule has 0 bridgehead atoms. The van der Waals surface area contributed by atoms with Crippen molar-refractivity contribution >= 4 is 12.0 Å². The number of benzene rings is 1. The van der Waals surface area contributed by atoms with Crippen LogP contribution in [0.1, 0.15) is 45.9 Å². The van der Waals surface area contributed by atoms with Crippen molar-refractivity contribution in [3.05, 3.63) is 64.5 Å². The van der Waals surface area contributed by atoms with Crippen molar-refractivity contribution in [2.45, 2.75) is 26.9 Å². The van der Waals surface area contributed by atoms with Gasteiger partial charge >= 0.3 is 0 Å². The molecule has 1 atom stereocenters. The largest absolute Gasteiger partial charge is 0.389 e. The Hall–Kier alpha value is -2.37. The highest BCUT2D eigenvalue weighted by Gasteiger charge is 2.26. The van der Waals surface area contributed by atoms with Crippen LogP contribution in [-0.4, -0.2) is 58.5 Å². The normalized spacial score (nSPS) is 16.8. The molecule has 1 aromatic heterocycles. The van der Waals surface area contributed by atoms with E-state index in [1.807, 2.05) is 36.9 Å². The van der Waals surface area contributed by atoms with Crippen molar-refractivity contribution in [3.8, 4) is 0 Å². The van der Waals surface area contributed by atoms with Crippen LogP contribution in [0.5, 0.6) is 0 Å². The van der Waals surface area contributed by atoms with Gasteiger partial charge in [0.2, 0.25) is 0 Å². The third kappa shape index (κ3) is 4.49. The average molecular weight is 367 g/mol. The molecule has 0 unspecified atom stereocenters. The Bertz CT molecular complexity index is 800. The van der Waals surface area contributed by atoms with Gasteiger partial charge in [-0.2, -0.15) is 0 Å². The molecule has 144 valence electrons. The summed E-state index contributed by atoms with van der Waals surface area (Å²) in [5.74, 6) is 0.0296. The standard InChI is InChI=1S/C22H29N3O2/c1-16-20(18(3)26)17(2)23-21(16)22(27)25-14-12-24(13-15-25)11-7-10-19-8-5-4-6-9-19/h4-10,18,23,26H,11-15H2,1-3H3/b10-7+/t18-/m1/s1. The number of hydrogen-bond acceptors (Lipinski definition) is 3. The van der Waals surface area contributed by atoms with E-state index in [2.05, 4.69) is 34.2 Å². The lowest BCUT2D eigenvalue weighted by atomic mass is 10.1. The fourth-order valence-corrected chi connectivity index (χ4v) is 3.80. The summed E-state index contributed by atoms with van der Waals surface area (Å²) in [5.41, 5.74) is 4.39. The first-order valence-corrected chi connectivity index (χ1v) is 9.57. The second kappa shape index (κ2) is 8.55. The van der Waals surface area contributed by atoms with Crippen molar-refractivity contribution < 1.29 is 9.90 Å². The number of nitrogens with zero attached hydrogens (tertiary/aromatic N) is 2. The summed E-state index contributed by atoms with van der Waals surface area (Å²) in [7, 11) is 0. The molecule has 5 nitrogen and oxygen atoms in total. The minimum absolute atomic E-state index is 0.0296. The number of carbonyl (C=O) groups is 1. The van der Waals surface area contributed by atoms with Crippen LogP contribution >= 0.6 is 0 Å². The number of aryl methyl sites for hydroxylation is 1. The molecule has 0 aliphatic carbocycles. The van der Waals surface area contributed by atoms with Gasteiger partial charge in [0.25, 0.3) is 5.91 Å². The van der Waals surface area contributed by atoms with Gasteiger partial charge in [0.15, 0.2) is 0 Å². The first-order valence-electron chi connectivity index (χ1n) is 9.57. The Morgan fingerprint density at radius 3 is 2.44 bits per heavy atom. The van der Waals surface area contributed by atoms with E-state index >= 15 is 0 Å². The number of aromatic nitrogens is 1. The first-order chi connectivity index (χ1) is 13.0. The molecule has 0 spiro atoms. The molecular weight excluding hydrogens is 338 g/mol. The maximum Gasteiger partial charge on any atom is 0.270 e. The quantitative estimate of drug-likeness (QED) is 0.853. The fourth-order valence-electron chi connectivity index (χ4n) is 3.80. The molecule has 1 aromatic carbocycles. The molecule has 0 radical (unpaired) electrons. The Balaban J connectivity index is 1.55. The number of aromatic amines is 1. The summed E-state index contributed by atoms with van der Waals surface area (Å²) in [6.07, 6.45) is 3.75. The molecular formula is C22H29N3O2. The van der Waals surface area contributed by atoms with E-state index in [0.717, 1.165) is 49.5 Å². The predicted molar refractivity (Wildman–Crippen MR) is 109 cm³/mol. The molecule has 1 saturated heterocycles. The SMILES string of the molecule is Cc1[nH]c(C(=O)N2CCN(C/C=C/c3ccccc3)CC2)c(C)c1[C@@H](C)O. The van der Waals surface area contributed by atoms with Crippen LogP contribution in [0, 0.1) is 13.8 Å². The van der Waals surface area contributed by atoms with Crippen LogP contribution < -0.4 is 0 Å². The zero-order valence-electron chi connectivity index (χ0n) is 16.4. The van der Waals surface area contributed by atoms with Gasteiger partial charge in [0.05, 0.1) is 6.10 Å². The van der Waals surface area contributed by atoms with E-state index in [-0.39, 0.29) is 5.91 Å². The average Bonchev–Trinajstić information content (AvgIpc) is 2.97. The summed E-state index contributed by atoms with van der Waals surface area (Å²) in [5, 5.41) is 9.93. The van der Waals surface area contributed by atoms with E-state index < -0.39 is 6.10 Å². The number of rotatable bonds is 5. The summed E-state index contributed by atoms with van der Waals surface area (Å²) < 4.78 is 0. The fraction of sp³-hybridized carbons (Fsp3) is 0.409. The van der Waals surface area contributed by atoms with Crippen LogP contribution in [0.2, 0.25) is 0 Å². The number of amides is 1. The molecule has 27 heavy (non-hydrogen) atoms. The maximum absolute atomic E-state index is 12.9. The Morgan fingerprint density at radius 1 is 1.19 bits per heavy atom. The van der Waals surface area contributed by atoms with Gasteiger partial charge in [0, 0.05) is 44.0 Å². The van der Waals surface area contributed by atoms with E-state index in [1.54, 1.807) is 6.92 Å². The summed E-state index contributed by atoms with van der Waals surface area (Å²) in [4.78, 5) is 20.3. The number of nitrogens with one attached hydrogen (secondary N) is 1. The highest BCUT2D eigenvalue weighted by Crippen LogP contribution is 2.25. The van der Waals surface area contributed by atoms with E-state index in [1.165, 1.54) is 5.56 Å². The third-order valence-electron chi connectivity index (χ3n) is 5.26. The molecule has 3 rings (SSSR count). The number of aliphatic hydroxyl groups excluding tert-OH is 1. The zero-order chi connectivity index (χ0) is 19.4. The van der Waals surface area contributed by atoms with Crippen molar-refractivity contribution in [1.29, 1.82) is 0 Å². The van der Waals surface area contributed by atoms with Gasteiger partial charge in [0.1, 0.15) is 5.69 Å². The van der Waals surface area contributed by atoms with E-state index in [4.69, 9.17) is 0 Å². The lowest BCUT2D eigenvalue weighted by molar-refractivity contribution is 0.0644. The van der Waals surface area contributed by atoms with Gasteiger partial charge in [-0.25, -0.2) is 0 Å². The smallest absolute Gasteiger partial charge is 0.270 e. The van der Waals surface area contributed by atoms with Gasteiger partial charge in [-0.1, -0.05) is 42.5 Å². The molecule has 2 aromatic rings. The minimum Gasteiger partial charge on any atom is -0.389 e. The molecule has 0 saturated carbocycles. The molecule has 1 aliphatic heterocycles. The lowest BCUT2D eigenvalue weighted by Gasteiger charge is -2.34. The van der Waals surface area contributed by atoms with Crippen LogP contribution in [0.15, 0.2) is 36.4 Å². The molecule has 1 aliphatic rings. The Morgan fingerprint density at radius 2 is 1.85 bits per heavy atom. The zero-order valence-corrected chi connectivity index (χ0v) is 16.4. The van der Waals surface area contributed by atoms with Crippen molar-refractivity contribution in [2.75, 3.05) is 32.7 Å². The van der Waals surface area contributed by atoms with Crippen LogP contribution in [0.3, 0.4) is 0 Å². The second-order valence-corrected chi connectivity index (χ2v) is 7.25. The molecule has 2 heterocycles. The maximum atomic E-state index is 12.9. The van der Waals surface area contributed by atoms with E-state index in [0.29, 0.717) is 5.69 Å². The third-order valence-corrected chi connectivity index (χ3v) is 5.26.